The molecular weight excluding hydrogens is 290 g/mol. The molecule has 1 aliphatic carbocycles. The van der Waals surface area contributed by atoms with Crippen LogP contribution in [0.5, 0.6) is 11.5 Å². The number of hydrogen-bond acceptors (Lipinski definition) is 4. The van der Waals surface area contributed by atoms with Crippen LogP contribution in [-0.4, -0.2) is 30.5 Å². The number of aliphatic hydroxyl groups is 1. The van der Waals surface area contributed by atoms with Crippen LogP contribution in [-0.2, 0) is 6.54 Å². The van der Waals surface area contributed by atoms with E-state index in [-0.39, 0.29) is 6.10 Å². The van der Waals surface area contributed by atoms with Crippen LogP contribution < -0.4 is 14.8 Å². The topological polar surface area (TPSA) is 50.7 Å². The molecule has 0 atom stereocenters. The van der Waals surface area contributed by atoms with Gasteiger partial charge in [-0.1, -0.05) is 31.7 Å². The number of methoxy groups -OCH3 is 1. The Kier molecular flexibility index (Phi) is 6.72. The predicted molar refractivity (Wildman–Crippen MR) is 93.1 cm³/mol. The van der Waals surface area contributed by atoms with Gasteiger partial charge in [0.05, 0.1) is 18.8 Å². The van der Waals surface area contributed by atoms with Gasteiger partial charge in [-0.25, -0.2) is 0 Å². The summed E-state index contributed by atoms with van der Waals surface area (Å²) < 4.78 is 11.2. The summed E-state index contributed by atoms with van der Waals surface area (Å²) in [5.41, 5.74) is 0.594. The van der Waals surface area contributed by atoms with Crippen molar-refractivity contribution in [3.05, 3.63) is 23.8 Å². The second-order valence-electron chi connectivity index (χ2n) is 6.89. The molecule has 4 heteroatoms. The molecule has 1 saturated carbocycles. The van der Waals surface area contributed by atoms with Crippen LogP contribution in [0.3, 0.4) is 0 Å². The third-order valence-corrected chi connectivity index (χ3v) is 4.41. The zero-order valence-electron chi connectivity index (χ0n) is 14.7. The van der Waals surface area contributed by atoms with Gasteiger partial charge in [-0.15, -0.1) is 0 Å². The van der Waals surface area contributed by atoms with E-state index in [2.05, 4.69) is 5.32 Å². The van der Waals surface area contributed by atoms with E-state index in [9.17, 15) is 5.11 Å². The summed E-state index contributed by atoms with van der Waals surface area (Å²) >= 11 is 0. The molecule has 1 aromatic rings. The van der Waals surface area contributed by atoms with E-state index in [0.29, 0.717) is 6.54 Å². The van der Waals surface area contributed by atoms with Crippen LogP contribution in [0.15, 0.2) is 18.2 Å². The fraction of sp³-hybridized carbons (Fsp3) is 0.684. The lowest BCUT2D eigenvalue weighted by atomic mass is 9.94. The maximum absolute atomic E-state index is 10.7. The Balaban J connectivity index is 1.90. The Morgan fingerprint density at radius 3 is 2.43 bits per heavy atom. The van der Waals surface area contributed by atoms with Gasteiger partial charge >= 0.3 is 0 Å². The number of ether oxygens (including phenoxy) is 2. The molecule has 130 valence electrons. The van der Waals surface area contributed by atoms with Crippen molar-refractivity contribution in [3.63, 3.8) is 0 Å². The fourth-order valence-electron chi connectivity index (χ4n) is 3.18. The molecule has 0 aliphatic heterocycles. The molecule has 0 heterocycles. The first-order chi connectivity index (χ1) is 11.0. The highest BCUT2D eigenvalue weighted by Gasteiger charge is 2.27. The number of nitrogens with one attached hydrogen (secondary N) is 1. The first kappa shape index (κ1) is 18.1. The SMILES string of the molecule is COc1cc(CNCC2(O)CCCCCC2)ccc1OC(C)C. The van der Waals surface area contributed by atoms with Crippen molar-refractivity contribution in [1.29, 1.82) is 0 Å². The highest BCUT2D eigenvalue weighted by molar-refractivity contribution is 5.43. The van der Waals surface area contributed by atoms with Gasteiger partial charge in [-0.2, -0.15) is 0 Å². The monoisotopic (exact) mass is 321 g/mol. The minimum atomic E-state index is -0.540. The molecule has 0 spiro atoms. The Morgan fingerprint density at radius 2 is 1.83 bits per heavy atom. The van der Waals surface area contributed by atoms with Crippen LogP contribution in [0.4, 0.5) is 0 Å². The Hall–Kier alpha value is -1.26. The summed E-state index contributed by atoms with van der Waals surface area (Å²) in [6, 6.07) is 6.00. The van der Waals surface area contributed by atoms with E-state index in [0.717, 1.165) is 49.3 Å². The summed E-state index contributed by atoms with van der Waals surface area (Å²) in [7, 11) is 1.66. The summed E-state index contributed by atoms with van der Waals surface area (Å²) in [5.74, 6) is 1.53. The predicted octanol–water partition coefficient (Wildman–Crippen LogP) is 3.66. The summed E-state index contributed by atoms with van der Waals surface area (Å²) in [6.45, 7) is 5.38. The average molecular weight is 321 g/mol. The Labute approximate surface area is 140 Å². The smallest absolute Gasteiger partial charge is 0.161 e. The number of rotatable bonds is 7. The third kappa shape index (κ3) is 5.70. The van der Waals surface area contributed by atoms with Crippen molar-refractivity contribution in [1.82, 2.24) is 5.32 Å². The normalized spacial score (nSPS) is 17.8. The summed E-state index contributed by atoms with van der Waals surface area (Å²) in [4.78, 5) is 0. The van der Waals surface area contributed by atoms with Crippen LogP contribution in [0, 0.1) is 0 Å². The molecule has 4 nitrogen and oxygen atoms in total. The standard InChI is InChI=1S/C19H31NO3/c1-15(2)23-17-9-8-16(12-18(17)22-3)13-20-14-19(21)10-6-4-5-7-11-19/h8-9,12,15,20-21H,4-7,10-11,13-14H2,1-3H3. The van der Waals surface area contributed by atoms with Gasteiger partial charge in [0.1, 0.15) is 0 Å². The highest BCUT2D eigenvalue weighted by atomic mass is 16.5. The molecule has 2 rings (SSSR count). The van der Waals surface area contributed by atoms with Gasteiger partial charge in [-0.3, -0.25) is 0 Å². The summed E-state index contributed by atoms with van der Waals surface area (Å²) in [5, 5.41) is 14.1. The molecule has 1 aromatic carbocycles. The molecule has 0 amide bonds. The van der Waals surface area contributed by atoms with E-state index < -0.39 is 5.60 Å². The van der Waals surface area contributed by atoms with Crippen LogP contribution in [0.25, 0.3) is 0 Å². The molecular formula is C19H31NO3. The second kappa shape index (κ2) is 8.55. The lowest BCUT2D eigenvalue weighted by Gasteiger charge is -2.27. The molecule has 0 aromatic heterocycles. The van der Waals surface area contributed by atoms with Gasteiger partial charge in [0.2, 0.25) is 0 Å². The molecule has 0 bridgehead atoms. The van der Waals surface area contributed by atoms with Gasteiger partial charge in [0.25, 0.3) is 0 Å². The van der Waals surface area contributed by atoms with E-state index in [1.807, 2.05) is 32.0 Å². The maximum atomic E-state index is 10.7. The fourth-order valence-corrected chi connectivity index (χ4v) is 3.18. The zero-order chi connectivity index (χ0) is 16.7. The van der Waals surface area contributed by atoms with Crippen LogP contribution >= 0.6 is 0 Å². The van der Waals surface area contributed by atoms with Gasteiger partial charge in [-0.05, 0) is 44.4 Å². The van der Waals surface area contributed by atoms with E-state index in [1.54, 1.807) is 7.11 Å². The van der Waals surface area contributed by atoms with Gasteiger partial charge in [0, 0.05) is 13.1 Å². The van der Waals surface area contributed by atoms with Crippen LogP contribution in [0.1, 0.15) is 57.9 Å². The number of hydrogen-bond donors (Lipinski definition) is 2. The molecule has 2 N–H and O–H groups in total. The summed E-state index contributed by atoms with van der Waals surface area (Å²) in [6.07, 6.45) is 6.70. The van der Waals surface area contributed by atoms with Gasteiger partial charge in [0.15, 0.2) is 11.5 Å². The maximum Gasteiger partial charge on any atom is 0.161 e. The van der Waals surface area contributed by atoms with Crippen molar-refractivity contribution in [2.45, 2.75) is 70.6 Å². The minimum Gasteiger partial charge on any atom is -0.493 e. The van der Waals surface area contributed by atoms with Gasteiger partial charge < -0.3 is 19.9 Å². The highest BCUT2D eigenvalue weighted by Crippen LogP contribution is 2.29. The Bertz CT molecular complexity index is 480. The molecule has 1 fully saturated rings. The third-order valence-electron chi connectivity index (χ3n) is 4.41. The zero-order valence-corrected chi connectivity index (χ0v) is 14.7. The number of benzene rings is 1. The molecule has 0 radical (unpaired) electrons. The quantitative estimate of drug-likeness (QED) is 0.753. The van der Waals surface area contributed by atoms with Crippen molar-refractivity contribution in [3.8, 4) is 11.5 Å². The lowest BCUT2D eigenvalue weighted by Crippen LogP contribution is -2.39. The van der Waals surface area contributed by atoms with Crippen molar-refractivity contribution in [2.75, 3.05) is 13.7 Å². The van der Waals surface area contributed by atoms with Crippen molar-refractivity contribution < 1.29 is 14.6 Å². The Morgan fingerprint density at radius 1 is 1.13 bits per heavy atom. The molecule has 23 heavy (non-hydrogen) atoms. The molecule has 1 aliphatic rings. The van der Waals surface area contributed by atoms with E-state index in [4.69, 9.17) is 9.47 Å². The van der Waals surface area contributed by atoms with E-state index in [1.165, 1.54) is 12.8 Å². The first-order valence-electron chi connectivity index (χ1n) is 8.79. The largest absolute Gasteiger partial charge is 0.493 e. The van der Waals surface area contributed by atoms with Crippen molar-refractivity contribution >= 4 is 0 Å². The average Bonchev–Trinajstić information content (AvgIpc) is 2.73. The second-order valence-corrected chi connectivity index (χ2v) is 6.89. The minimum absolute atomic E-state index is 0.123. The lowest BCUT2D eigenvalue weighted by molar-refractivity contribution is 0.0250. The first-order valence-corrected chi connectivity index (χ1v) is 8.79. The molecule has 0 saturated heterocycles. The molecule has 0 unspecified atom stereocenters. The van der Waals surface area contributed by atoms with E-state index >= 15 is 0 Å². The van der Waals surface area contributed by atoms with Crippen LogP contribution in [0.2, 0.25) is 0 Å². The van der Waals surface area contributed by atoms with Crippen molar-refractivity contribution in [2.24, 2.45) is 0 Å².